The van der Waals surface area contributed by atoms with Crippen molar-refractivity contribution in [1.29, 1.82) is 0 Å². The van der Waals surface area contributed by atoms with Gasteiger partial charge in [0.25, 0.3) is 0 Å². The van der Waals surface area contributed by atoms with Crippen LogP contribution in [0.15, 0.2) is 66.2 Å². The molecule has 2 aromatic heterocycles. The molecule has 1 aliphatic rings. The smallest absolute Gasteiger partial charge is 0.350 e. The molecule has 11 nitrogen and oxygen atoms in total. The monoisotopic (exact) mass is 538 g/mol. The molecule has 0 saturated carbocycles. The number of carbonyl (C=O) groups is 1. The summed E-state index contributed by atoms with van der Waals surface area (Å²) in [5.41, 5.74) is -1.27. The third-order valence-corrected chi connectivity index (χ3v) is 7.24. The minimum absolute atomic E-state index is 0.0611. The predicted molar refractivity (Wildman–Crippen MR) is 137 cm³/mol. The topological polar surface area (TPSA) is 114 Å². The predicted octanol–water partition coefficient (Wildman–Crippen LogP) is 1.72. The van der Waals surface area contributed by atoms with Gasteiger partial charge in [-0.1, -0.05) is 6.07 Å². The van der Waals surface area contributed by atoms with Crippen LogP contribution in [0.3, 0.4) is 0 Å². The van der Waals surface area contributed by atoms with Crippen LogP contribution < -0.4 is 10.6 Å². The van der Waals surface area contributed by atoms with Crippen molar-refractivity contribution in [3.63, 3.8) is 0 Å². The molecule has 0 bridgehead atoms. The first-order valence-corrected chi connectivity index (χ1v) is 12.4. The van der Waals surface area contributed by atoms with Gasteiger partial charge in [-0.3, -0.25) is 4.79 Å². The van der Waals surface area contributed by atoms with E-state index in [4.69, 9.17) is 0 Å². The van der Waals surface area contributed by atoms with Gasteiger partial charge in [-0.05, 0) is 37.3 Å². The molecule has 204 valence electrons. The molecule has 3 heterocycles. The first-order chi connectivity index (χ1) is 18.7. The minimum atomic E-state index is -2.03. The number of nitrogens with zero attached hydrogens (tertiary/aromatic N) is 8. The van der Waals surface area contributed by atoms with Gasteiger partial charge in [0.15, 0.2) is 0 Å². The Bertz CT molecular complexity index is 1510. The number of aromatic nitrogens is 6. The SMILES string of the molecule is CC(=O)N1CCN(c2ccc(-n3cnn([C@H](C)[C@](O)(Cn4cncn4)c4ccc(F)cc4F)c3=O)cc2)CC1. The molecule has 1 amide bonds. The number of amides is 1. The van der Waals surface area contributed by atoms with Gasteiger partial charge < -0.3 is 14.9 Å². The lowest BCUT2D eigenvalue weighted by atomic mass is 9.86. The molecule has 2 atom stereocenters. The fraction of sp³-hybridized carbons (Fsp3) is 0.346. The highest BCUT2D eigenvalue weighted by molar-refractivity contribution is 5.73. The van der Waals surface area contributed by atoms with E-state index in [1.54, 1.807) is 19.1 Å². The second-order valence-electron chi connectivity index (χ2n) is 9.56. The van der Waals surface area contributed by atoms with E-state index in [9.17, 15) is 23.5 Å². The number of benzene rings is 2. The van der Waals surface area contributed by atoms with Crippen LogP contribution in [0.2, 0.25) is 0 Å². The molecule has 1 N–H and O–H groups in total. The third kappa shape index (κ3) is 5.04. The van der Waals surface area contributed by atoms with Gasteiger partial charge in [-0.25, -0.2) is 32.5 Å². The van der Waals surface area contributed by atoms with Crippen LogP contribution in [0, 0.1) is 11.6 Å². The molecule has 2 aromatic carbocycles. The fourth-order valence-electron chi connectivity index (χ4n) is 4.91. The van der Waals surface area contributed by atoms with Crippen molar-refractivity contribution >= 4 is 11.6 Å². The number of rotatable bonds is 7. The maximum absolute atomic E-state index is 14.9. The van der Waals surface area contributed by atoms with Crippen molar-refractivity contribution in [2.24, 2.45) is 0 Å². The molecule has 1 saturated heterocycles. The number of carbonyl (C=O) groups excluding carboxylic acids is 1. The van der Waals surface area contributed by atoms with Gasteiger partial charge in [-0.15, -0.1) is 0 Å². The van der Waals surface area contributed by atoms with Gasteiger partial charge >= 0.3 is 5.69 Å². The number of halogens is 2. The Morgan fingerprint density at radius 2 is 1.72 bits per heavy atom. The van der Waals surface area contributed by atoms with Crippen LogP contribution in [0.25, 0.3) is 5.69 Å². The highest BCUT2D eigenvalue weighted by Gasteiger charge is 2.42. The summed E-state index contributed by atoms with van der Waals surface area (Å²) in [6.45, 7) is 5.54. The first kappa shape index (κ1) is 26.2. The van der Waals surface area contributed by atoms with Crippen molar-refractivity contribution in [1.82, 2.24) is 34.0 Å². The van der Waals surface area contributed by atoms with Gasteiger partial charge in [0.1, 0.15) is 36.2 Å². The van der Waals surface area contributed by atoms with E-state index in [0.717, 1.165) is 22.5 Å². The number of hydrogen-bond donors (Lipinski definition) is 1. The van der Waals surface area contributed by atoms with Crippen LogP contribution in [-0.2, 0) is 16.9 Å². The molecule has 0 unspecified atom stereocenters. The van der Waals surface area contributed by atoms with E-state index in [2.05, 4.69) is 20.1 Å². The Kier molecular flexibility index (Phi) is 7.00. The Morgan fingerprint density at radius 3 is 2.33 bits per heavy atom. The van der Waals surface area contributed by atoms with Gasteiger partial charge in [-0.2, -0.15) is 10.2 Å². The molecular weight excluding hydrogens is 510 g/mol. The molecule has 4 aromatic rings. The zero-order valence-corrected chi connectivity index (χ0v) is 21.5. The summed E-state index contributed by atoms with van der Waals surface area (Å²) in [4.78, 5) is 32.9. The van der Waals surface area contributed by atoms with E-state index in [0.29, 0.717) is 37.9 Å². The van der Waals surface area contributed by atoms with Gasteiger partial charge in [0.05, 0.1) is 18.3 Å². The molecule has 13 heteroatoms. The molecule has 39 heavy (non-hydrogen) atoms. The zero-order chi connectivity index (χ0) is 27.7. The summed E-state index contributed by atoms with van der Waals surface area (Å²) in [6.07, 6.45) is 3.94. The fourth-order valence-corrected chi connectivity index (χ4v) is 4.91. The number of aliphatic hydroxyl groups is 1. The quantitative estimate of drug-likeness (QED) is 0.381. The lowest BCUT2D eigenvalue weighted by Crippen LogP contribution is -2.48. The molecule has 5 rings (SSSR count). The minimum Gasteiger partial charge on any atom is -0.381 e. The van der Waals surface area contributed by atoms with Crippen molar-refractivity contribution in [3.05, 3.63) is 89.1 Å². The average Bonchev–Trinajstić information content (AvgIpc) is 3.57. The number of hydrogen-bond acceptors (Lipinski definition) is 7. The van der Waals surface area contributed by atoms with Crippen molar-refractivity contribution in [2.45, 2.75) is 32.0 Å². The Hall–Kier alpha value is -4.39. The van der Waals surface area contributed by atoms with Crippen LogP contribution in [0.1, 0.15) is 25.5 Å². The summed E-state index contributed by atoms with van der Waals surface area (Å²) in [5, 5.41) is 20.0. The van der Waals surface area contributed by atoms with E-state index >= 15 is 0 Å². The highest BCUT2D eigenvalue weighted by Crippen LogP contribution is 2.35. The van der Waals surface area contributed by atoms with Crippen LogP contribution in [0.5, 0.6) is 0 Å². The number of anilines is 1. The summed E-state index contributed by atoms with van der Waals surface area (Å²) in [6, 6.07) is 9.14. The Morgan fingerprint density at radius 1 is 1.03 bits per heavy atom. The van der Waals surface area contributed by atoms with Crippen LogP contribution in [0.4, 0.5) is 14.5 Å². The average molecular weight is 539 g/mol. The Balaban J connectivity index is 1.42. The summed E-state index contributed by atoms with van der Waals surface area (Å²) < 4.78 is 32.2. The summed E-state index contributed by atoms with van der Waals surface area (Å²) >= 11 is 0. The van der Waals surface area contributed by atoms with Crippen molar-refractivity contribution in [3.8, 4) is 5.69 Å². The van der Waals surface area contributed by atoms with Gasteiger partial charge in [0.2, 0.25) is 5.91 Å². The summed E-state index contributed by atoms with van der Waals surface area (Å²) in [5.74, 6) is -1.69. The second kappa shape index (κ2) is 10.4. The zero-order valence-electron chi connectivity index (χ0n) is 21.5. The standard InChI is InChI=1S/C26H28F2N8O3/c1-18(26(39,14-34-16-29-15-30-34)23-8-3-20(27)13-24(23)28)36-25(38)35(17-31-36)22-6-4-21(5-7-22)33-11-9-32(10-12-33)19(2)37/h3-8,13,15-18,39H,9-12,14H2,1-2H3/t18-,26-/m1/s1. The normalized spacial score (nSPS) is 16.2. The summed E-state index contributed by atoms with van der Waals surface area (Å²) in [7, 11) is 0. The third-order valence-electron chi connectivity index (χ3n) is 7.24. The molecule has 0 aliphatic carbocycles. The molecule has 0 spiro atoms. The first-order valence-electron chi connectivity index (χ1n) is 12.4. The Labute approximate surface area is 222 Å². The van der Waals surface area contributed by atoms with E-state index in [1.807, 2.05) is 17.0 Å². The second-order valence-corrected chi connectivity index (χ2v) is 9.56. The maximum Gasteiger partial charge on any atom is 0.350 e. The molecule has 1 aliphatic heterocycles. The van der Waals surface area contributed by atoms with E-state index < -0.39 is 29.0 Å². The van der Waals surface area contributed by atoms with Crippen molar-refractivity contribution in [2.75, 3.05) is 31.1 Å². The molecule has 0 radical (unpaired) electrons. The number of piperazine rings is 1. The maximum atomic E-state index is 14.9. The van der Waals surface area contributed by atoms with E-state index in [1.165, 1.54) is 35.2 Å². The lowest BCUT2D eigenvalue weighted by Gasteiger charge is -2.35. The van der Waals surface area contributed by atoms with E-state index in [-0.39, 0.29) is 18.0 Å². The largest absolute Gasteiger partial charge is 0.381 e. The lowest BCUT2D eigenvalue weighted by molar-refractivity contribution is -0.129. The molecular formula is C26H28F2N8O3. The van der Waals surface area contributed by atoms with Crippen LogP contribution in [-0.4, -0.2) is 71.2 Å². The van der Waals surface area contributed by atoms with Gasteiger partial charge in [0, 0.05) is 50.4 Å². The van der Waals surface area contributed by atoms with Crippen molar-refractivity contribution < 1.29 is 18.7 Å². The highest BCUT2D eigenvalue weighted by atomic mass is 19.1. The molecule has 1 fully saturated rings. The van der Waals surface area contributed by atoms with Crippen LogP contribution >= 0.6 is 0 Å².